The molecule has 0 aromatic heterocycles. The number of rotatable bonds is 8. The van der Waals surface area contributed by atoms with E-state index in [9.17, 15) is 4.39 Å². The van der Waals surface area contributed by atoms with Crippen LogP contribution in [0.2, 0.25) is 0 Å². The Morgan fingerprint density at radius 2 is 1.93 bits per heavy atom. The molecule has 0 atom stereocenters. The third-order valence-corrected chi connectivity index (χ3v) is 3.95. The van der Waals surface area contributed by atoms with E-state index in [1.165, 1.54) is 6.07 Å². The number of halogens is 1. The average Bonchev–Trinajstić information content (AvgIpc) is 2.67. The number of nitrogens with zero attached hydrogens (tertiary/aromatic N) is 2. The summed E-state index contributed by atoms with van der Waals surface area (Å²) >= 11 is 0. The minimum atomic E-state index is -0.240. The number of anilines is 1. The zero-order valence-electron chi connectivity index (χ0n) is 16.1. The standard InChI is InChI=1S/C21H27FN4O/c1-5-12-27-20-9-7-6-8-17(20)15-25-21(23-2)24-14-16-10-11-19(26(3)4)18(22)13-16/h5-11,13H,1,12,14-15H2,2-4H3,(H2,23,24,25). The highest BCUT2D eigenvalue weighted by atomic mass is 19.1. The Morgan fingerprint density at radius 3 is 2.59 bits per heavy atom. The molecule has 144 valence electrons. The zero-order valence-corrected chi connectivity index (χ0v) is 16.1. The predicted octanol–water partition coefficient (Wildman–Crippen LogP) is 3.32. The predicted molar refractivity (Wildman–Crippen MR) is 110 cm³/mol. The van der Waals surface area contributed by atoms with Crippen molar-refractivity contribution in [3.63, 3.8) is 0 Å². The van der Waals surface area contributed by atoms with E-state index in [1.54, 1.807) is 24.1 Å². The molecule has 0 bridgehead atoms. The van der Waals surface area contributed by atoms with Crippen LogP contribution in [0.1, 0.15) is 11.1 Å². The Bertz CT molecular complexity index is 790. The summed E-state index contributed by atoms with van der Waals surface area (Å²) in [5.74, 6) is 1.20. The maximum atomic E-state index is 14.1. The first kappa shape index (κ1) is 20.3. The van der Waals surface area contributed by atoms with Gasteiger partial charge < -0.3 is 20.3 Å². The molecule has 0 spiro atoms. The summed E-state index contributed by atoms with van der Waals surface area (Å²) in [7, 11) is 5.34. The van der Waals surface area contributed by atoms with Gasteiger partial charge in [-0.1, -0.05) is 36.9 Å². The van der Waals surface area contributed by atoms with Gasteiger partial charge in [-0.3, -0.25) is 4.99 Å². The van der Waals surface area contributed by atoms with Crippen molar-refractivity contribution in [3.8, 4) is 5.75 Å². The summed E-state index contributed by atoms with van der Waals surface area (Å²) in [5.41, 5.74) is 2.43. The van der Waals surface area contributed by atoms with Gasteiger partial charge in [-0.2, -0.15) is 0 Å². The first-order valence-corrected chi connectivity index (χ1v) is 8.77. The van der Waals surface area contributed by atoms with Gasteiger partial charge in [-0.25, -0.2) is 4.39 Å². The van der Waals surface area contributed by atoms with Gasteiger partial charge in [0.05, 0.1) is 5.69 Å². The van der Waals surface area contributed by atoms with Crippen molar-refractivity contribution in [2.45, 2.75) is 13.1 Å². The Balaban J connectivity index is 1.93. The van der Waals surface area contributed by atoms with E-state index in [0.29, 0.717) is 31.3 Å². The number of hydrogen-bond donors (Lipinski definition) is 2. The van der Waals surface area contributed by atoms with Crippen LogP contribution in [0, 0.1) is 5.82 Å². The van der Waals surface area contributed by atoms with Crippen LogP contribution in [0.25, 0.3) is 0 Å². The van der Waals surface area contributed by atoms with Gasteiger partial charge in [0.25, 0.3) is 0 Å². The van der Waals surface area contributed by atoms with E-state index >= 15 is 0 Å². The molecule has 0 unspecified atom stereocenters. The van der Waals surface area contributed by atoms with Crippen molar-refractivity contribution in [1.29, 1.82) is 0 Å². The third kappa shape index (κ3) is 6.02. The SMILES string of the molecule is C=CCOc1ccccc1CNC(=NC)NCc1ccc(N(C)C)c(F)c1. The molecule has 0 saturated heterocycles. The van der Waals surface area contributed by atoms with E-state index in [1.807, 2.05) is 44.4 Å². The van der Waals surface area contributed by atoms with E-state index in [4.69, 9.17) is 4.74 Å². The van der Waals surface area contributed by atoms with E-state index in [0.717, 1.165) is 16.9 Å². The molecule has 5 nitrogen and oxygen atoms in total. The van der Waals surface area contributed by atoms with Crippen LogP contribution in [-0.2, 0) is 13.1 Å². The van der Waals surface area contributed by atoms with Crippen molar-refractivity contribution >= 4 is 11.6 Å². The summed E-state index contributed by atoms with van der Waals surface area (Å²) in [6, 6.07) is 13.0. The smallest absolute Gasteiger partial charge is 0.191 e. The molecule has 0 heterocycles. The van der Waals surface area contributed by atoms with Gasteiger partial charge in [0.2, 0.25) is 0 Å². The molecule has 2 aromatic rings. The van der Waals surface area contributed by atoms with Crippen LogP contribution in [-0.4, -0.2) is 33.7 Å². The maximum Gasteiger partial charge on any atom is 0.191 e. The molecule has 0 aliphatic heterocycles. The van der Waals surface area contributed by atoms with Gasteiger partial charge in [-0.05, 0) is 23.8 Å². The number of benzene rings is 2. The first-order valence-electron chi connectivity index (χ1n) is 8.77. The Kier molecular flexibility index (Phi) is 7.67. The number of para-hydroxylation sites is 1. The normalized spacial score (nSPS) is 11.0. The molecule has 0 saturated carbocycles. The summed E-state index contributed by atoms with van der Waals surface area (Å²) in [4.78, 5) is 5.96. The highest BCUT2D eigenvalue weighted by molar-refractivity contribution is 5.79. The van der Waals surface area contributed by atoms with Crippen LogP contribution in [0.5, 0.6) is 5.75 Å². The van der Waals surface area contributed by atoms with Crippen LogP contribution < -0.4 is 20.3 Å². The van der Waals surface area contributed by atoms with E-state index in [2.05, 4.69) is 22.2 Å². The molecule has 0 aliphatic rings. The monoisotopic (exact) mass is 370 g/mol. The van der Waals surface area contributed by atoms with Gasteiger partial charge in [-0.15, -0.1) is 0 Å². The number of nitrogens with one attached hydrogen (secondary N) is 2. The molecule has 0 fully saturated rings. The molecule has 2 N–H and O–H groups in total. The highest BCUT2D eigenvalue weighted by Gasteiger charge is 2.07. The number of ether oxygens (including phenoxy) is 1. The second-order valence-corrected chi connectivity index (χ2v) is 6.17. The molecule has 2 rings (SSSR count). The lowest BCUT2D eigenvalue weighted by Crippen LogP contribution is -2.36. The molecular formula is C21H27FN4O. The first-order chi connectivity index (χ1) is 13.0. The summed E-state index contributed by atoms with van der Waals surface area (Å²) < 4.78 is 19.7. The van der Waals surface area contributed by atoms with Gasteiger partial charge in [0, 0.05) is 39.8 Å². The quantitative estimate of drug-likeness (QED) is 0.425. The molecular weight excluding hydrogens is 343 g/mol. The third-order valence-electron chi connectivity index (χ3n) is 3.95. The fraction of sp³-hybridized carbons (Fsp3) is 0.286. The minimum absolute atomic E-state index is 0.240. The van der Waals surface area contributed by atoms with Crippen molar-refractivity contribution in [3.05, 3.63) is 72.1 Å². The summed E-state index contributed by atoms with van der Waals surface area (Å²) in [5, 5.41) is 6.44. The summed E-state index contributed by atoms with van der Waals surface area (Å²) in [6.07, 6.45) is 1.71. The van der Waals surface area contributed by atoms with Gasteiger partial charge in [0.1, 0.15) is 18.2 Å². The van der Waals surface area contributed by atoms with Crippen LogP contribution in [0.4, 0.5) is 10.1 Å². The molecule has 0 amide bonds. The van der Waals surface area contributed by atoms with Crippen LogP contribution in [0.3, 0.4) is 0 Å². The number of guanidine groups is 1. The second-order valence-electron chi connectivity index (χ2n) is 6.17. The fourth-order valence-electron chi connectivity index (χ4n) is 2.55. The Hall–Kier alpha value is -3.02. The summed E-state index contributed by atoms with van der Waals surface area (Å²) in [6.45, 7) is 5.15. The van der Waals surface area contributed by atoms with E-state index in [-0.39, 0.29) is 5.82 Å². The Labute approximate surface area is 160 Å². The van der Waals surface area contributed by atoms with Crippen molar-refractivity contribution in [2.75, 3.05) is 32.6 Å². The number of hydrogen-bond acceptors (Lipinski definition) is 3. The van der Waals surface area contributed by atoms with Crippen molar-refractivity contribution in [2.24, 2.45) is 4.99 Å². The molecule has 0 aliphatic carbocycles. The number of aliphatic imine (C=N–C) groups is 1. The largest absolute Gasteiger partial charge is 0.489 e. The van der Waals surface area contributed by atoms with Gasteiger partial charge >= 0.3 is 0 Å². The van der Waals surface area contributed by atoms with Crippen LogP contribution >= 0.6 is 0 Å². The van der Waals surface area contributed by atoms with Gasteiger partial charge in [0.15, 0.2) is 5.96 Å². The average molecular weight is 370 g/mol. The second kappa shape index (κ2) is 10.2. The van der Waals surface area contributed by atoms with Crippen molar-refractivity contribution < 1.29 is 9.13 Å². The minimum Gasteiger partial charge on any atom is -0.489 e. The molecule has 0 radical (unpaired) electrons. The molecule has 2 aromatic carbocycles. The maximum absolute atomic E-state index is 14.1. The zero-order chi connectivity index (χ0) is 19.6. The van der Waals surface area contributed by atoms with Crippen LogP contribution in [0.15, 0.2) is 60.1 Å². The molecule has 27 heavy (non-hydrogen) atoms. The fourth-order valence-corrected chi connectivity index (χ4v) is 2.55. The van der Waals surface area contributed by atoms with E-state index < -0.39 is 0 Å². The lowest BCUT2D eigenvalue weighted by atomic mass is 10.2. The lowest BCUT2D eigenvalue weighted by Gasteiger charge is -2.16. The van der Waals surface area contributed by atoms with Crippen molar-refractivity contribution in [1.82, 2.24) is 10.6 Å². The lowest BCUT2D eigenvalue weighted by molar-refractivity contribution is 0.358. The highest BCUT2D eigenvalue weighted by Crippen LogP contribution is 2.19. The topological polar surface area (TPSA) is 48.9 Å². The molecule has 6 heteroatoms. The Morgan fingerprint density at radius 1 is 1.19 bits per heavy atom.